The maximum atomic E-state index is 4.21. The van der Waals surface area contributed by atoms with Crippen molar-refractivity contribution in [1.29, 1.82) is 0 Å². The van der Waals surface area contributed by atoms with E-state index in [4.69, 9.17) is 0 Å². The van der Waals surface area contributed by atoms with Crippen LogP contribution in [-0.4, -0.2) is 23.9 Å². The Morgan fingerprint density at radius 1 is 1.08 bits per heavy atom. The van der Waals surface area contributed by atoms with Gasteiger partial charge in [-0.25, -0.2) is 4.99 Å². The Morgan fingerprint density at radius 3 is 1.92 bits per heavy atom. The van der Waals surface area contributed by atoms with Crippen molar-refractivity contribution in [1.82, 2.24) is 0 Å². The highest BCUT2D eigenvalue weighted by Gasteiger charge is 2.27. The molecule has 0 atom stereocenters. The molecule has 0 spiro atoms. The molecule has 0 fully saturated rings. The number of hydrogen-bond donors (Lipinski definition) is 0. The molecular weight excluding hydrogens is 160 g/mol. The van der Waals surface area contributed by atoms with Crippen LogP contribution in [0.4, 0.5) is 0 Å². The normalized spacial score (nSPS) is 19.2. The standard InChI is InChI=1S/C11H21N2/c1-10(2)7-13(8-11(3)4)6-5-12-9-13/h5-6,9-11H,7-8H2,1-4H3/q+1. The van der Waals surface area contributed by atoms with E-state index in [2.05, 4.69) is 45.2 Å². The minimum absolute atomic E-state index is 0.716. The van der Waals surface area contributed by atoms with E-state index >= 15 is 0 Å². The Morgan fingerprint density at radius 2 is 1.62 bits per heavy atom. The third-order valence-corrected chi connectivity index (χ3v) is 2.16. The average Bonchev–Trinajstić information content (AvgIpc) is 2.33. The van der Waals surface area contributed by atoms with Crippen LogP contribution in [0, 0.1) is 11.8 Å². The molecule has 0 radical (unpaired) electrons. The van der Waals surface area contributed by atoms with Crippen LogP contribution in [0.25, 0.3) is 0 Å². The molecule has 1 aliphatic heterocycles. The molecule has 1 heterocycles. The molecule has 0 aromatic carbocycles. The second-order valence-corrected chi connectivity index (χ2v) is 4.82. The van der Waals surface area contributed by atoms with Gasteiger partial charge in [0.25, 0.3) is 0 Å². The quantitative estimate of drug-likeness (QED) is 0.591. The van der Waals surface area contributed by atoms with Crippen molar-refractivity contribution >= 4 is 6.34 Å². The van der Waals surface area contributed by atoms with Crippen molar-refractivity contribution in [2.75, 3.05) is 13.1 Å². The molecule has 0 bridgehead atoms. The van der Waals surface area contributed by atoms with Gasteiger partial charge >= 0.3 is 0 Å². The Labute approximate surface area is 81.6 Å². The molecule has 0 saturated heterocycles. The van der Waals surface area contributed by atoms with Crippen molar-refractivity contribution in [2.45, 2.75) is 27.7 Å². The molecule has 2 nitrogen and oxygen atoms in total. The van der Waals surface area contributed by atoms with Crippen molar-refractivity contribution < 1.29 is 4.48 Å². The summed E-state index contributed by atoms with van der Waals surface area (Å²) in [6, 6.07) is 0. The highest BCUT2D eigenvalue weighted by Crippen LogP contribution is 2.17. The first-order valence-corrected chi connectivity index (χ1v) is 5.12. The van der Waals surface area contributed by atoms with Crippen molar-refractivity contribution in [2.24, 2.45) is 16.8 Å². The number of aliphatic imine (C=N–C) groups is 1. The minimum atomic E-state index is 0.716. The summed E-state index contributed by atoms with van der Waals surface area (Å²) in [7, 11) is 0. The molecule has 0 aliphatic carbocycles. The lowest BCUT2D eigenvalue weighted by Gasteiger charge is -2.30. The van der Waals surface area contributed by atoms with E-state index in [1.54, 1.807) is 0 Å². The molecular formula is C11H21N2+. The molecule has 0 unspecified atom stereocenters. The molecule has 0 saturated carbocycles. The molecule has 0 amide bonds. The second kappa shape index (κ2) is 4.05. The lowest BCUT2D eigenvalue weighted by Crippen LogP contribution is -2.45. The molecule has 13 heavy (non-hydrogen) atoms. The summed E-state index contributed by atoms with van der Waals surface area (Å²) < 4.78 is 0.940. The van der Waals surface area contributed by atoms with Gasteiger partial charge in [0.2, 0.25) is 0 Å². The summed E-state index contributed by atoms with van der Waals surface area (Å²) in [5.41, 5.74) is 0. The first-order valence-electron chi connectivity index (χ1n) is 5.12. The van der Waals surface area contributed by atoms with E-state index < -0.39 is 0 Å². The summed E-state index contributed by atoms with van der Waals surface area (Å²) in [5, 5.41) is 0. The second-order valence-electron chi connectivity index (χ2n) is 4.82. The fourth-order valence-electron chi connectivity index (χ4n) is 2.03. The van der Waals surface area contributed by atoms with Gasteiger partial charge < -0.3 is 0 Å². The fraction of sp³-hybridized carbons (Fsp3) is 0.727. The van der Waals surface area contributed by atoms with Gasteiger partial charge in [-0.1, -0.05) is 27.7 Å². The number of rotatable bonds is 4. The highest BCUT2D eigenvalue weighted by molar-refractivity contribution is 5.50. The first kappa shape index (κ1) is 10.5. The molecule has 2 heteroatoms. The summed E-state index contributed by atoms with van der Waals surface area (Å²) in [4.78, 5) is 4.21. The van der Waals surface area contributed by atoms with Crippen LogP contribution in [0.2, 0.25) is 0 Å². The van der Waals surface area contributed by atoms with Gasteiger partial charge in [-0.05, 0) is 0 Å². The molecule has 0 aromatic heterocycles. The van der Waals surface area contributed by atoms with E-state index in [1.807, 2.05) is 6.20 Å². The topological polar surface area (TPSA) is 12.4 Å². The highest BCUT2D eigenvalue weighted by atomic mass is 15.4. The lowest BCUT2D eigenvalue weighted by atomic mass is 10.1. The minimum Gasteiger partial charge on any atom is -0.253 e. The van der Waals surface area contributed by atoms with Crippen molar-refractivity contribution in [3.05, 3.63) is 12.4 Å². The van der Waals surface area contributed by atoms with Gasteiger partial charge in [0.1, 0.15) is 6.20 Å². The van der Waals surface area contributed by atoms with E-state index in [1.165, 1.54) is 0 Å². The maximum Gasteiger partial charge on any atom is 0.194 e. The Balaban J connectivity index is 2.65. The zero-order valence-electron chi connectivity index (χ0n) is 9.20. The SMILES string of the molecule is CC(C)C[N+]1(CC(C)C)C=CN=C1. The van der Waals surface area contributed by atoms with Crippen LogP contribution in [0.5, 0.6) is 0 Å². The Bertz CT molecular complexity index is 190. The smallest absolute Gasteiger partial charge is 0.194 e. The largest absolute Gasteiger partial charge is 0.253 e. The summed E-state index contributed by atoms with van der Waals surface area (Å²) in [6.07, 6.45) is 6.20. The fourth-order valence-corrected chi connectivity index (χ4v) is 2.03. The predicted octanol–water partition coefficient (Wildman–Crippen LogP) is 2.63. The van der Waals surface area contributed by atoms with Gasteiger partial charge in [0, 0.05) is 11.8 Å². The van der Waals surface area contributed by atoms with Crippen LogP contribution in [0.1, 0.15) is 27.7 Å². The lowest BCUT2D eigenvalue weighted by molar-refractivity contribution is -0.786. The Hall–Kier alpha value is -0.630. The maximum absolute atomic E-state index is 4.21. The third-order valence-electron chi connectivity index (χ3n) is 2.16. The van der Waals surface area contributed by atoms with Crippen LogP contribution in [0.15, 0.2) is 17.4 Å². The monoisotopic (exact) mass is 181 g/mol. The molecule has 0 N–H and O–H groups in total. The van der Waals surface area contributed by atoms with Crippen molar-refractivity contribution in [3.63, 3.8) is 0 Å². The van der Waals surface area contributed by atoms with E-state index in [0.29, 0.717) is 11.8 Å². The summed E-state index contributed by atoms with van der Waals surface area (Å²) in [5.74, 6) is 1.43. The zero-order chi connectivity index (χ0) is 9.90. The molecule has 1 rings (SSSR count). The summed E-state index contributed by atoms with van der Waals surface area (Å²) in [6.45, 7) is 11.4. The van der Waals surface area contributed by atoms with Crippen molar-refractivity contribution in [3.8, 4) is 0 Å². The van der Waals surface area contributed by atoms with E-state index in [9.17, 15) is 0 Å². The molecule has 74 valence electrons. The zero-order valence-corrected chi connectivity index (χ0v) is 9.20. The van der Waals surface area contributed by atoms with Crippen LogP contribution in [0.3, 0.4) is 0 Å². The summed E-state index contributed by atoms with van der Waals surface area (Å²) >= 11 is 0. The average molecular weight is 181 g/mol. The predicted molar refractivity (Wildman–Crippen MR) is 57.3 cm³/mol. The number of nitrogens with zero attached hydrogens (tertiary/aromatic N) is 2. The van der Waals surface area contributed by atoms with Crippen LogP contribution >= 0.6 is 0 Å². The van der Waals surface area contributed by atoms with Gasteiger partial charge in [-0.3, -0.25) is 4.48 Å². The third kappa shape index (κ3) is 2.96. The Kier molecular flexibility index (Phi) is 3.26. The van der Waals surface area contributed by atoms with Gasteiger partial charge in [-0.2, -0.15) is 0 Å². The first-order chi connectivity index (χ1) is 6.04. The van der Waals surface area contributed by atoms with E-state index in [0.717, 1.165) is 17.6 Å². The number of hydrogen-bond acceptors (Lipinski definition) is 1. The van der Waals surface area contributed by atoms with Crippen LogP contribution in [-0.2, 0) is 0 Å². The molecule has 0 aromatic rings. The van der Waals surface area contributed by atoms with Crippen LogP contribution < -0.4 is 0 Å². The molecule has 1 aliphatic rings. The van der Waals surface area contributed by atoms with Gasteiger partial charge in [0.05, 0.1) is 19.3 Å². The van der Waals surface area contributed by atoms with Gasteiger partial charge in [0.15, 0.2) is 6.34 Å². The van der Waals surface area contributed by atoms with Gasteiger partial charge in [-0.15, -0.1) is 0 Å². The number of quaternary nitrogens is 1. The van der Waals surface area contributed by atoms with E-state index in [-0.39, 0.29) is 0 Å².